The summed E-state index contributed by atoms with van der Waals surface area (Å²) in [5, 5.41) is 9.36. The third-order valence-corrected chi connectivity index (χ3v) is 3.71. The summed E-state index contributed by atoms with van der Waals surface area (Å²) in [6.45, 7) is 0. The van der Waals surface area contributed by atoms with Gasteiger partial charge in [-0.3, -0.25) is 0 Å². The second-order valence-corrected chi connectivity index (χ2v) is 5.12. The highest BCUT2D eigenvalue weighted by molar-refractivity contribution is 5.35. The number of benzene rings is 1. The van der Waals surface area contributed by atoms with Crippen LogP contribution in [-0.4, -0.2) is 11.2 Å². The summed E-state index contributed by atoms with van der Waals surface area (Å²) in [5.74, 6) is 0.776. The van der Waals surface area contributed by atoms with Crippen molar-refractivity contribution >= 4 is 0 Å². The Hall–Kier alpha value is -0.860. The molecule has 80 valence electrons. The Labute approximate surface area is 90.1 Å². The molecule has 2 nitrogen and oxygen atoms in total. The van der Waals surface area contributed by atoms with Crippen molar-refractivity contribution < 1.29 is 5.11 Å². The average Bonchev–Trinajstić information content (AvgIpc) is 2.99. The molecule has 0 heterocycles. The smallest absolute Gasteiger partial charge is 0.0582 e. The quantitative estimate of drug-likeness (QED) is 0.770. The lowest BCUT2D eigenvalue weighted by Gasteiger charge is -2.42. The van der Waals surface area contributed by atoms with Crippen LogP contribution in [0.15, 0.2) is 24.3 Å². The molecule has 0 spiro atoms. The van der Waals surface area contributed by atoms with Gasteiger partial charge in [0.2, 0.25) is 0 Å². The second kappa shape index (κ2) is 3.06. The van der Waals surface area contributed by atoms with Gasteiger partial charge in [0, 0.05) is 5.54 Å². The van der Waals surface area contributed by atoms with Crippen molar-refractivity contribution in [1.82, 2.24) is 0 Å². The Morgan fingerprint density at radius 2 is 2.00 bits per heavy atom. The molecular weight excluding hydrogens is 186 g/mol. The second-order valence-electron chi connectivity index (χ2n) is 5.12. The standard InChI is InChI=1S/C13H17NO/c14-13(7-12(15)8-13)11-3-1-2-10(6-11)9-4-5-9/h1-3,6,9,12,15H,4-5,7-8,14H2. The predicted octanol–water partition coefficient (Wildman–Crippen LogP) is 1.87. The molecule has 1 aromatic carbocycles. The van der Waals surface area contributed by atoms with Gasteiger partial charge in [-0.2, -0.15) is 0 Å². The van der Waals surface area contributed by atoms with Crippen molar-refractivity contribution in [2.75, 3.05) is 0 Å². The van der Waals surface area contributed by atoms with E-state index in [9.17, 15) is 5.11 Å². The Bertz CT molecular complexity index is 378. The molecular formula is C13H17NO. The lowest BCUT2D eigenvalue weighted by Crippen LogP contribution is -2.51. The first kappa shape index (κ1) is 9.37. The van der Waals surface area contributed by atoms with Crippen LogP contribution in [0.25, 0.3) is 0 Å². The van der Waals surface area contributed by atoms with Gasteiger partial charge < -0.3 is 10.8 Å². The van der Waals surface area contributed by atoms with Crippen molar-refractivity contribution in [2.24, 2.45) is 5.73 Å². The molecule has 3 rings (SSSR count). The molecule has 0 radical (unpaired) electrons. The van der Waals surface area contributed by atoms with Crippen LogP contribution in [0.5, 0.6) is 0 Å². The highest BCUT2D eigenvalue weighted by Gasteiger charge is 2.41. The normalized spacial score (nSPS) is 34.9. The van der Waals surface area contributed by atoms with Crippen LogP contribution in [0.2, 0.25) is 0 Å². The summed E-state index contributed by atoms with van der Waals surface area (Å²) >= 11 is 0. The molecule has 0 bridgehead atoms. The van der Waals surface area contributed by atoms with Crippen molar-refractivity contribution in [3.63, 3.8) is 0 Å². The summed E-state index contributed by atoms with van der Waals surface area (Å²) in [5.41, 5.74) is 8.62. The summed E-state index contributed by atoms with van der Waals surface area (Å²) in [6, 6.07) is 8.63. The predicted molar refractivity (Wildman–Crippen MR) is 59.5 cm³/mol. The molecule has 15 heavy (non-hydrogen) atoms. The first-order valence-electron chi connectivity index (χ1n) is 5.75. The van der Waals surface area contributed by atoms with E-state index in [-0.39, 0.29) is 11.6 Å². The summed E-state index contributed by atoms with van der Waals surface area (Å²) in [7, 11) is 0. The highest BCUT2D eigenvalue weighted by Crippen LogP contribution is 2.43. The van der Waals surface area contributed by atoms with E-state index in [1.54, 1.807) is 0 Å². The van der Waals surface area contributed by atoms with Crippen LogP contribution in [0.3, 0.4) is 0 Å². The van der Waals surface area contributed by atoms with Crippen molar-refractivity contribution in [1.29, 1.82) is 0 Å². The van der Waals surface area contributed by atoms with E-state index >= 15 is 0 Å². The molecule has 2 aliphatic carbocycles. The van der Waals surface area contributed by atoms with Crippen molar-refractivity contribution in [3.8, 4) is 0 Å². The molecule has 3 N–H and O–H groups in total. The van der Waals surface area contributed by atoms with Crippen LogP contribution in [-0.2, 0) is 5.54 Å². The topological polar surface area (TPSA) is 46.2 Å². The third-order valence-electron chi connectivity index (χ3n) is 3.71. The van der Waals surface area contributed by atoms with Gasteiger partial charge in [-0.15, -0.1) is 0 Å². The van der Waals surface area contributed by atoms with Crippen LogP contribution < -0.4 is 5.73 Å². The summed E-state index contributed by atoms with van der Waals surface area (Å²) in [6.07, 6.45) is 3.87. The van der Waals surface area contributed by atoms with Crippen LogP contribution in [0, 0.1) is 0 Å². The minimum Gasteiger partial charge on any atom is -0.393 e. The molecule has 0 saturated heterocycles. The van der Waals surface area contributed by atoms with Crippen LogP contribution in [0.4, 0.5) is 0 Å². The molecule has 0 atom stereocenters. The monoisotopic (exact) mass is 203 g/mol. The lowest BCUT2D eigenvalue weighted by molar-refractivity contribution is 0.0209. The lowest BCUT2D eigenvalue weighted by atomic mass is 9.70. The number of hydrogen-bond acceptors (Lipinski definition) is 2. The maximum Gasteiger partial charge on any atom is 0.0582 e. The Balaban J connectivity index is 1.88. The zero-order chi connectivity index (χ0) is 10.5. The summed E-state index contributed by atoms with van der Waals surface area (Å²) < 4.78 is 0. The van der Waals surface area contributed by atoms with E-state index in [2.05, 4.69) is 24.3 Å². The molecule has 0 aromatic heterocycles. The fourth-order valence-electron chi connectivity index (χ4n) is 2.54. The van der Waals surface area contributed by atoms with Crippen molar-refractivity contribution in [3.05, 3.63) is 35.4 Å². The Morgan fingerprint density at radius 3 is 2.60 bits per heavy atom. The zero-order valence-electron chi connectivity index (χ0n) is 8.82. The minimum absolute atomic E-state index is 0.195. The van der Waals surface area contributed by atoms with Crippen LogP contribution >= 0.6 is 0 Å². The third kappa shape index (κ3) is 1.58. The molecule has 2 saturated carbocycles. The van der Waals surface area contributed by atoms with Gasteiger partial charge in [0.25, 0.3) is 0 Å². The molecule has 1 aromatic rings. The largest absolute Gasteiger partial charge is 0.393 e. The van der Waals surface area contributed by atoms with Gasteiger partial charge in [0.15, 0.2) is 0 Å². The van der Waals surface area contributed by atoms with E-state index in [0.717, 1.165) is 5.92 Å². The molecule has 0 unspecified atom stereocenters. The molecule has 2 aliphatic rings. The van der Waals surface area contributed by atoms with Gasteiger partial charge in [-0.05, 0) is 42.7 Å². The van der Waals surface area contributed by atoms with Gasteiger partial charge >= 0.3 is 0 Å². The number of rotatable bonds is 2. The molecule has 0 aliphatic heterocycles. The van der Waals surface area contributed by atoms with E-state index < -0.39 is 0 Å². The SMILES string of the molecule is NC1(c2cccc(C3CC3)c2)CC(O)C1. The van der Waals surface area contributed by atoms with Crippen molar-refractivity contribution in [2.45, 2.75) is 43.2 Å². The molecule has 0 amide bonds. The molecule has 2 heteroatoms. The average molecular weight is 203 g/mol. The fraction of sp³-hybridized carbons (Fsp3) is 0.538. The van der Waals surface area contributed by atoms with E-state index in [0.29, 0.717) is 12.8 Å². The first-order valence-corrected chi connectivity index (χ1v) is 5.75. The van der Waals surface area contributed by atoms with Gasteiger partial charge in [0.05, 0.1) is 6.10 Å². The minimum atomic E-state index is -0.260. The highest BCUT2D eigenvalue weighted by atomic mass is 16.3. The van der Waals surface area contributed by atoms with E-state index in [4.69, 9.17) is 5.73 Å². The number of nitrogens with two attached hydrogens (primary N) is 1. The van der Waals surface area contributed by atoms with E-state index in [1.165, 1.54) is 24.0 Å². The summed E-state index contributed by atoms with van der Waals surface area (Å²) in [4.78, 5) is 0. The Morgan fingerprint density at radius 1 is 1.27 bits per heavy atom. The zero-order valence-corrected chi connectivity index (χ0v) is 8.82. The van der Waals surface area contributed by atoms with Crippen LogP contribution in [0.1, 0.15) is 42.7 Å². The first-order chi connectivity index (χ1) is 7.17. The maximum absolute atomic E-state index is 9.36. The van der Waals surface area contributed by atoms with Gasteiger partial charge in [0.1, 0.15) is 0 Å². The molecule has 2 fully saturated rings. The number of hydrogen-bond donors (Lipinski definition) is 2. The fourth-order valence-corrected chi connectivity index (χ4v) is 2.54. The Kier molecular flexibility index (Phi) is 1.91. The van der Waals surface area contributed by atoms with E-state index in [1.807, 2.05) is 0 Å². The van der Waals surface area contributed by atoms with Gasteiger partial charge in [-0.25, -0.2) is 0 Å². The maximum atomic E-state index is 9.36. The number of aliphatic hydroxyl groups excluding tert-OH is 1. The van der Waals surface area contributed by atoms with Gasteiger partial charge in [-0.1, -0.05) is 24.3 Å². The number of aliphatic hydroxyl groups is 1.